The smallest absolute Gasteiger partial charge is 0.0574 e. The van der Waals surface area contributed by atoms with E-state index in [1.165, 1.54) is 5.69 Å². The summed E-state index contributed by atoms with van der Waals surface area (Å²) in [6.45, 7) is 9.89. The van der Waals surface area contributed by atoms with Crippen molar-refractivity contribution in [2.75, 3.05) is 18.5 Å². The van der Waals surface area contributed by atoms with Crippen LogP contribution in [0.25, 0.3) is 0 Å². The third-order valence-electron chi connectivity index (χ3n) is 3.68. The van der Waals surface area contributed by atoms with Gasteiger partial charge in [0.2, 0.25) is 0 Å². The minimum atomic E-state index is 0.359. The Morgan fingerprint density at radius 1 is 1.22 bits per heavy atom. The lowest BCUT2D eigenvalue weighted by molar-refractivity contribution is 0.560. The lowest BCUT2D eigenvalue weighted by Crippen LogP contribution is -2.32. The van der Waals surface area contributed by atoms with Gasteiger partial charge in [-0.15, -0.1) is 0 Å². The molecule has 2 unspecified atom stereocenters. The predicted octanol–water partition coefficient (Wildman–Crippen LogP) is 3.38. The molecule has 0 bridgehead atoms. The number of nitrogens with zero attached hydrogens (tertiary/aromatic N) is 2. The molecule has 0 aromatic carbocycles. The van der Waals surface area contributed by atoms with Crippen molar-refractivity contribution < 1.29 is 0 Å². The molecule has 18 heavy (non-hydrogen) atoms. The number of hydrogen-bond donors (Lipinski definition) is 1. The van der Waals surface area contributed by atoms with Crippen molar-refractivity contribution in [3.05, 3.63) is 24.0 Å². The quantitative estimate of drug-likeness (QED) is 0.803. The molecular weight excluding hydrogens is 222 g/mol. The highest BCUT2D eigenvalue weighted by Gasteiger charge is 2.13. The molecule has 0 saturated heterocycles. The second kappa shape index (κ2) is 7.37. The monoisotopic (exact) mass is 249 g/mol. The third-order valence-corrected chi connectivity index (χ3v) is 3.68. The second-order valence-corrected chi connectivity index (χ2v) is 4.73. The normalized spacial score (nSPS) is 14.3. The van der Waals surface area contributed by atoms with Crippen LogP contribution in [0.2, 0.25) is 0 Å². The Morgan fingerprint density at radius 2 is 1.94 bits per heavy atom. The highest BCUT2D eigenvalue weighted by Crippen LogP contribution is 2.20. The lowest BCUT2D eigenvalue weighted by atomic mass is 10.1. The van der Waals surface area contributed by atoms with Crippen LogP contribution in [-0.4, -0.2) is 24.6 Å². The van der Waals surface area contributed by atoms with Gasteiger partial charge in [0.25, 0.3) is 0 Å². The van der Waals surface area contributed by atoms with Crippen molar-refractivity contribution in [3.8, 4) is 0 Å². The first kappa shape index (κ1) is 15.0. The number of anilines is 1. The molecule has 0 fully saturated rings. The molecule has 1 aromatic rings. The molecule has 3 heteroatoms. The fourth-order valence-electron chi connectivity index (χ4n) is 2.30. The van der Waals surface area contributed by atoms with Gasteiger partial charge in [-0.3, -0.25) is 4.98 Å². The van der Waals surface area contributed by atoms with Gasteiger partial charge in [0, 0.05) is 18.6 Å². The van der Waals surface area contributed by atoms with Gasteiger partial charge in [-0.2, -0.15) is 0 Å². The summed E-state index contributed by atoms with van der Waals surface area (Å²) in [5.41, 5.74) is 2.35. The molecule has 0 saturated carbocycles. The Kier molecular flexibility index (Phi) is 6.13. The number of nitrogens with one attached hydrogen (secondary N) is 1. The molecule has 0 aliphatic rings. The van der Waals surface area contributed by atoms with Crippen molar-refractivity contribution >= 4 is 5.69 Å². The number of hydrogen-bond acceptors (Lipinski definition) is 3. The lowest BCUT2D eigenvalue weighted by Gasteiger charge is -2.29. The topological polar surface area (TPSA) is 28.2 Å². The van der Waals surface area contributed by atoms with Crippen LogP contribution in [0, 0.1) is 0 Å². The fourth-order valence-corrected chi connectivity index (χ4v) is 2.30. The van der Waals surface area contributed by atoms with Crippen LogP contribution < -0.4 is 10.2 Å². The maximum atomic E-state index is 4.60. The van der Waals surface area contributed by atoms with Gasteiger partial charge < -0.3 is 10.2 Å². The van der Waals surface area contributed by atoms with Gasteiger partial charge in [-0.05, 0) is 45.9 Å². The minimum absolute atomic E-state index is 0.359. The van der Waals surface area contributed by atoms with Gasteiger partial charge in [-0.1, -0.05) is 13.8 Å². The Morgan fingerprint density at radius 3 is 2.33 bits per heavy atom. The molecule has 0 aliphatic heterocycles. The molecular formula is C15H27N3. The summed E-state index contributed by atoms with van der Waals surface area (Å²) in [6, 6.07) is 5.26. The van der Waals surface area contributed by atoms with E-state index in [0.717, 1.165) is 25.1 Å². The average Bonchev–Trinajstić information content (AvgIpc) is 2.42. The number of rotatable bonds is 7. The Labute approximate surface area is 112 Å². The number of pyridine rings is 1. The first-order valence-electron chi connectivity index (χ1n) is 7.07. The van der Waals surface area contributed by atoms with Gasteiger partial charge >= 0.3 is 0 Å². The predicted molar refractivity (Wildman–Crippen MR) is 79.1 cm³/mol. The van der Waals surface area contributed by atoms with Crippen molar-refractivity contribution in [3.63, 3.8) is 0 Å². The molecule has 0 radical (unpaired) electrons. The van der Waals surface area contributed by atoms with E-state index in [-0.39, 0.29) is 0 Å². The standard InChI is InChI=1S/C15H27N3/c1-6-12(4)18(8-3)13-9-10-15(17-11-13)14(7-2)16-5/h9-12,14,16H,6-8H2,1-5H3. The summed E-state index contributed by atoms with van der Waals surface area (Å²) in [5.74, 6) is 0. The summed E-state index contributed by atoms with van der Waals surface area (Å²) < 4.78 is 0. The molecule has 1 aromatic heterocycles. The van der Waals surface area contributed by atoms with Crippen LogP contribution in [0.5, 0.6) is 0 Å². The molecule has 1 N–H and O–H groups in total. The Bertz CT molecular complexity index is 330. The highest BCUT2D eigenvalue weighted by atomic mass is 15.2. The summed E-state index contributed by atoms with van der Waals surface area (Å²) in [5, 5.41) is 3.29. The third kappa shape index (κ3) is 3.45. The SMILES string of the molecule is CCC(NC)c1ccc(N(CC)C(C)CC)cn1. The van der Waals surface area contributed by atoms with Crippen LogP contribution in [-0.2, 0) is 0 Å². The summed E-state index contributed by atoms with van der Waals surface area (Å²) in [6.07, 6.45) is 4.22. The maximum absolute atomic E-state index is 4.60. The van der Waals surface area contributed by atoms with E-state index in [1.54, 1.807) is 0 Å². The van der Waals surface area contributed by atoms with Gasteiger partial charge in [0.15, 0.2) is 0 Å². The molecule has 102 valence electrons. The molecule has 3 nitrogen and oxygen atoms in total. The van der Waals surface area contributed by atoms with E-state index < -0.39 is 0 Å². The van der Waals surface area contributed by atoms with Gasteiger partial charge in [0.1, 0.15) is 0 Å². The zero-order valence-electron chi connectivity index (χ0n) is 12.4. The number of aromatic nitrogens is 1. The van der Waals surface area contributed by atoms with Crippen LogP contribution in [0.15, 0.2) is 18.3 Å². The van der Waals surface area contributed by atoms with E-state index in [2.05, 4.69) is 55.0 Å². The first-order chi connectivity index (χ1) is 8.67. The molecule has 2 atom stereocenters. The Hall–Kier alpha value is -1.09. The molecule has 1 rings (SSSR count). The highest BCUT2D eigenvalue weighted by molar-refractivity contribution is 5.45. The summed E-state index contributed by atoms with van der Waals surface area (Å²) >= 11 is 0. The van der Waals surface area contributed by atoms with Crippen molar-refractivity contribution in [1.82, 2.24) is 10.3 Å². The van der Waals surface area contributed by atoms with E-state index in [4.69, 9.17) is 0 Å². The van der Waals surface area contributed by atoms with Crippen LogP contribution >= 0.6 is 0 Å². The molecule has 0 amide bonds. The van der Waals surface area contributed by atoms with E-state index in [1.807, 2.05) is 13.2 Å². The first-order valence-corrected chi connectivity index (χ1v) is 7.07. The molecule has 0 aliphatic carbocycles. The van der Waals surface area contributed by atoms with Crippen LogP contribution in [0.3, 0.4) is 0 Å². The van der Waals surface area contributed by atoms with E-state index >= 15 is 0 Å². The average molecular weight is 249 g/mol. The zero-order valence-corrected chi connectivity index (χ0v) is 12.4. The molecule has 0 spiro atoms. The van der Waals surface area contributed by atoms with Crippen molar-refractivity contribution in [2.24, 2.45) is 0 Å². The van der Waals surface area contributed by atoms with Gasteiger partial charge in [0.05, 0.1) is 17.6 Å². The van der Waals surface area contributed by atoms with Crippen LogP contribution in [0.4, 0.5) is 5.69 Å². The Balaban J connectivity index is 2.86. The van der Waals surface area contributed by atoms with Crippen molar-refractivity contribution in [2.45, 2.75) is 52.6 Å². The van der Waals surface area contributed by atoms with Gasteiger partial charge in [-0.25, -0.2) is 0 Å². The maximum Gasteiger partial charge on any atom is 0.0574 e. The minimum Gasteiger partial charge on any atom is -0.368 e. The zero-order chi connectivity index (χ0) is 13.5. The summed E-state index contributed by atoms with van der Waals surface area (Å²) in [4.78, 5) is 7.00. The van der Waals surface area contributed by atoms with Crippen LogP contribution in [0.1, 0.15) is 52.3 Å². The largest absolute Gasteiger partial charge is 0.368 e. The fraction of sp³-hybridized carbons (Fsp3) is 0.667. The summed E-state index contributed by atoms with van der Waals surface area (Å²) in [7, 11) is 1.99. The van der Waals surface area contributed by atoms with E-state index in [9.17, 15) is 0 Å². The van der Waals surface area contributed by atoms with E-state index in [0.29, 0.717) is 12.1 Å². The second-order valence-electron chi connectivity index (χ2n) is 4.73. The molecule has 1 heterocycles. The van der Waals surface area contributed by atoms with Crippen molar-refractivity contribution in [1.29, 1.82) is 0 Å².